The molecule has 5 rings (SSSR count). The Morgan fingerprint density at radius 3 is 2.46 bits per heavy atom. The van der Waals surface area contributed by atoms with Crippen molar-refractivity contribution in [1.29, 1.82) is 0 Å². The van der Waals surface area contributed by atoms with Crippen LogP contribution >= 0.6 is 0 Å². The standard InChI is InChI=1S/C31H34N4O2/c1-20(2)26-18-27(22(4)17-29(26)37-5)30-33-28-11-7-6-10-25(28)31(36)35(30)32-19-23-12-13-24(16-21(23)3)34-14-8-9-15-34/h6-7,10-13,16-20H,8-9,14-15H2,1-5H3. The van der Waals surface area contributed by atoms with Crippen LogP contribution in [0.1, 0.15) is 54.9 Å². The number of benzene rings is 3. The number of para-hydroxylation sites is 1. The largest absolute Gasteiger partial charge is 0.496 e. The van der Waals surface area contributed by atoms with Crippen molar-refractivity contribution in [2.75, 3.05) is 25.1 Å². The fourth-order valence-corrected chi connectivity index (χ4v) is 5.07. The summed E-state index contributed by atoms with van der Waals surface area (Å²) in [5.41, 5.74) is 6.71. The van der Waals surface area contributed by atoms with E-state index in [0.717, 1.165) is 46.7 Å². The molecule has 2 heterocycles. The zero-order chi connectivity index (χ0) is 26.1. The van der Waals surface area contributed by atoms with Gasteiger partial charge in [0, 0.05) is 24.3 Å². The second-order valence-electron chi connectivity index (χ2n) is 10.1. The number of rotatable bonds is 6. The minimum atomic E-state index is -0.190. The van der Waals surface area contributed by atoms with Gasteiger partial charge in [-0.3, -0.25) is 4.79 Å². The molecule has 0 unspecified atom stereocenters. The quantitative estimate of drug-likeness (QED) is 0.295. The summed E-state index contributed by atoms with van der Waals surface area (Å²) in [7, 11) is 1.69. The molecule has 4 aromatic rings. The third-order valence-electron chi connectivity index (χ3n) is 7.23. The van der Waals surface area contributed by atoms with Gasteiger partial charge in [-0.05, 0) is 91.3 Å². The van der Waals surface area contributed by atoms with Crippen LogP contribution in [0.5, 0.6) is 5.75 Å². The van der Waals surface area contributed by atoms with Gasteiger partial charge in [0.2, 0.25) is 0 Å². The number of ether oxygens (including phenoxy) is 1. The van der Waals surface area contributed by atoms with E-state index in [9.17, 15) is 4.79 Å². The maximum atomic E-state index is 13.7. The van der Waals surface area contributed by atoms with Gasteiger partial charge in [0.15, 0.2) is 5.82 Å². The fraction of sp³-hybridized carbons (Fsp3) is 0.323. The smallest absolute Gasteiger partial charge is 0.282 e. The van der Waals surface area contributed by atoms with Crippen LogP contribution in [0, 0.1) is 13.8 Å². The van der Waals surface area contributed by atoms with Gasteiger partial charge >= 0.3 is 0 Å². The van der Waals surface area contributed by atoms with E-state index < -0.39 is 0 Å². The predicted molar refractivity (Wildman–Crippen MR) is 152 cm³/mol. The van der Waals surface area contributed by atoms with E-state index in [1.807, 2.05) is 31.2 Å². The average Bonchev–Trinajstić information content (AvgIpc) is 3.43. The highest BCUT2D eigenvalue weighted by Crippen LogP contribution is 2.34. The lowest BCUT2D eigenvalue weighted by Crippen LogP contribution is -2.21. The third-order valence-corrected chi connectivity index (χ3v) is 7.23. The molecule has 1 fully saturated rings. The van der Waals surface area contributed by atoms with Gasteiger partial charge < -0.3 is 9.64 Å². The van der Waals surface area contributed by atoms with Crippen molar-refractivity contribution in [3.8, 4) is 17.1 Å². The normalized spacial score (nSPS) is 13.8. The molecule has 0 bridgehead atoms. The molecular weight excluding hydrogens is 460 g/mol. The van der Waals surface area contributed by atoms with Crippen molar-refractivity contribution >= 4 is 22.8 Å². The first-order valence-corrected chi connectivity index (χ1v) is 13.0. The second kappa shape index (κ2) is 10.2. The van der Waals surface area contributed by atoms with Crippen LogP contribution in [0.25, 0.3) is 22.3 Å². The Kier molecular flexibility index (Phi) is 6.83. The molecule has 0 amide bonds. The summed E-state index contributed by atoms with van der Waals surface area (Å²) in [6, 6.07) is 18.0. The van der Waals surface area contributed by atoms with E-state index in [-0.39, 0.29) is 11.5 Å². The van der Waals surface area contributed by atoms with Gasteiger partial charge in [-0.1, -0.05) is 32.0 Å². The SMILES string of the molecule is COc1cc(C)c(-c2nc3ccccc3c(=O)n2N=Cc2ccc(N3CCCC3)cc2C)cc1C(C)C. The Bertz CT molecular complexity index is 1550. The maximum Gasteiger partial charge on any atom is 0.282 e. The molecule has 1 aliphatic rings. The summed E-state index contributed by atoms with van der Waals surface area (Å²) in [5.74, 6) is 1.60. The summed E-state index contributed by atoms with van der Waals surface area (Å²) in [6.07, 6.45) is 4.26. The highest BCUT2D eigenvalue weighted by Gasteiger charge is 2.18. The number of methoxy groups -OCH3 is 1. The van der Waals surface area contributed by atoms with Gasteiger partial charge in [0.05, 0.1) is 24.2 Å². The van der Waals surface area contributed by atoms with Crippen LogP contribution in [-0.4, -0.2) is 36.1 Å². The molecule has 1 aromatic heterocycles. The lowest BCUT2D eigenvalue weighted by Gasteiger charge is -2.18. The molecule has 190 valence electrons. The van der Waals surface area contributed by atoms with Crippen molar-refractivity contribution in [1.82, 2.24) is 9.66 Å². The predicted octanol–water partition coefficient (Wildman–Crippen LogP) is 6.29. The lowest BCUT2D eigenvalue weighted by molar-refractivity contribution is 0.407. The van der Waals surface area contributed by atoms with Crippen molar-refractivity contribution < 1.29 is 4.74 Å². The molecule has 6 heteroatoms. The molecule has 6 nitrogen and oxygen atoms in total. The fourth-order valence-electron chi connectivity index (χ4n) is 5.07. The van der Waals surface area contributed by atoms with E-state index >= 15 is 0 Å². The Hall–Kier alpha value is -3.93. The summed E-state index contributed by atoms with van der Waals surface area (Å²) >= 11 is 0. The number of aryl methyl sites for hydroxylation is 2. The number of anilines is 1. The number of hydrogen-bond donors (Lipinski definition) is 0. The Morgan fingerprint density at radius 1 is 1.00 bits per heavy atom. The van der Waals surface area contributed by atoms with Gasteiger partial charge in [-0.25, -0.2) is 4.98 Å². The van der Waals surface area contributed by atoms with Crippen LogP contribution in [0.2, 0.25) is 0 Å². The summed E-state index contributed by atoms with van der Waals surface area (Å²) in [4.78, 5) is 21.0. The number of aromatic nitrogens is 2. The van der Waals surface area contributed by atoms with Crippen LogP contribution in [0.4, 0.5) is 5.69 Å². The second-order valence-corrected chi connectivity index (χ2v) is 10.1. The first-order chi connectivity index (χ1) is 17.9. The molecule has 0 atom stereocenters. The van der Waals surface area contributed by atoms with Gasteiger partial charge in [-0.2, -0.15) is 9.78 Å². The zero-order valence-electron chi connectivity index (χ0n) is 22.3. The molecule has 0 spiro atoms. The highest BCUT2D eigenvalue weighted by atomic mass is 16.5. The maximum absolute atomic E-state index is 13.7. The number of hydrogen-bond acceptors (Lipinski definition) is 5. The number of nitrogens with zero attached hydrogens (tertiary/aromatic N) is 4. The molecule has 1 saturated heterocycles. The Morgan fingerprint density at radius 2 is 1.76 bits per heavy atom. The van der Waals surface area contributed by atoms with Crippen LogP contribution in [0.3, 0.4) is 0 Å². The van der Waals surface area contributed by atoms with Crippen LogP contribution < -0.4 is 15.2 Å². The highest BCUT2D eigenvalue weighted by molar-refractivity contribution is 5.84. The summed E-state index contributed by atoms with van der Waals surface area (Å²) < 4.78 is 7.09. The van der Waals surface area contributed by atoms with Gasteiger partial charge in [0.25, 0.3) is 5.56 Å². The topological polar surface area (TPSA) is 59.7 Å². The van der Waals surface area contributed by atoms with E-state index in [1.54, 1.807) is 19.4 Å². The van der Waals surface area contributed by atoms with Crippen LogP contribution in [-0.2, 0) is 0 Å². The Balaban J connectivity index is 1.65. The summed E-state index contributed by atoms with van der Waals surface area (Å²) in [6.45, 7) is 10.6. The van der Waals surface area contributed by atoms with Crippen molar-refractivity contribution in [2.24, 2.45) is 5.10 Å². The average molecular weight is 495 g/mol. The third kappa shape index (κ3) is 4.76. The zero-order valence-corrected chi connectivity index (χ0v) is 22.3. The van der Waals surface area contributed by atoms with E-state index in [4.69, 9.17) is 14.8 Å². The molecule has 3 aromatic carbocycles. The first kappa shape index (κ1) is 24.8. The van der Waals surface area contributed by atoms with Gasteiger partial charge in [-0.15, -0.1) is 0 Å². The lowest BCUT2D eigenvalue weighted by atomic mass is 9.96. The minimum Gasteiger partial charge on any atom is -0.496 e. The van der Waals surface area contributed by atoms with E-state index in [1.165, 1.54) is 23.2 Å². The molecule has 37 heavy (non-hydrogen) atoms. The minimum absolute atomic E-state index is 0.190. The van der Waals surface area contributed by atoms with E-state index in [2.05, 4.69) is 49.9 Å². The molecule has 0 saturated carbocycles. The Labute approximate surface area is 218 Å². The van der Waals surface area contributed by atoms with Crippen LogP contribution in [0.15, 0.2) is 64.5 Å². The molecular formula is C31H34N4O2. The number of fused-ring (bicyclic) bond motifs is 1. The molecule has 1 aliphatic heterocycles. The summed E-state index contributed by atoms with van der Waals surface area (Å²) in [5, 5.41) is 5.26. The molecule has 0 N–H and O–H groups in total. The molecule has 0 aliphatic carbocycles. The monoisotopic (exact) mass is 494 g/mol. The molecule has 0 radical (unpaired) electrons. The van der Waals surface area contributed by atoms with E-state index in [0.29, 0.717) is 16.7 Å². The van der Waals surface area contributed by atoms with Crippen molar-refractivity contribution in [3.05, 3.63) is 87.2 Å². The van der Waals surface area contributed by atoms with Crippen molar-refractivity contribution in [2.45, 2.75) is 46.5 Å². The van der Waals surface area contributed by atoms with Gasteiger partial charge in [0.1, 0.15) is 5.75 Å². The van der Waals surface area contributed by atoms with Crippen molar-refractivity contribution in [3.63, 3.8) is 0 Å². The first-order valence-electron chi connectivity index (χ1n) is 13.0.